The molecule has 0 bridgehead atoms. The van der Waals surface area contributed by atoms with Crippen LogP contribution in [0, 0.1) is 35.5 Å². The molecule has 0 aliphatic carbocycles. The van der Waals surface area contributed by atoms with Gasteiger partial charge in [-0.3, -0.25) is 24.0 Å². The monoisotopic (exact) mass is 2140 g/mol. The lowest BCUT2D eigenvalue weighted by Gasteiger charge is -2.34. The average molecular weight is 2150 g/mol. The molecule has 4 amide bonds. The third-order valence-electron chi connectivity index (χ3n) is 25.1. The second kappa shape index (κ2) is 48.5. The fraction of sp³-hybridized carbons (Fsp3) is 0.380. The van der Waals surface area contributed by atoms with Crippen LogP contribution >= 0.6 is 11.6 Å². The molecule has 13 heterocycles. The summed E-state index contributed by atoms with van der Waals surface area (Å²) in [6.45, 7) is 38.4. The summed E-state index contributed by atoms with van der Waals surface area (Å²) in [7, 11) is -17.1. The number of rotatable bonds is 31. The number of piperidine rings is 2. The van der Waals surface area contributed by atoms with Crippen LogP contribution < -0.4 is 80.2 Å². The van der Waals surface area contributed by atoms with Gasteiger partial charge in [0.25, 0.3) is 69.3 Å². The lowest BCUT2D eigenvalue weighted by molar-refractivity contribution is 0.0972. The fourth-order valence-corrected chi connectivity index (χ4v) is 21.9. The molecule has 12 aromatic rings. The molecule has 4 aliphatic heterocycles. The molecule has 3 aromatic carbocycles. The van der Waals surface area contributed by atoms with Crippen molar-refractivity contribution >= 4 is 116 Å². The molecule has 11 N–H and O–H groups in total. The van der Waals surface area contributed by atoms with E-state index in [0.29, 0.717) is 138 Å². The minimum atomic E-state index is -4.38. The molecule has 9 aromatic heterocycles. The first-order chi connectivity index (χ1) is 70.9. The van der Waals surface area contributed by atoms with E-state index in [1.807, 2.05) is 104 Å². The molecule has 4 saturated heterocycles. The van der Waals surface area contributed by atoms with E-state index >= 15 is 0 Å². The Hall–Kier alpha value is -14.4. The van der Waals surface area contributed by atoms with Crippen LogP contribution in [-0.4, -0.2) is 178 Å². The van der Waals surface area contributed by atoms with Gasteiger partial charge in [0, 0.05) is 91.1 Å². The van der Waals surface area contributed by atoms with Gasteiger partial charge in [0.05, 0.1) is 75.5 Å². The molecule has 4 fully saturated rings. The van der Waals surface area contributed by atoms with Crippen molar-refractivity contribution in [3.05, 3.63) is 244 Å². The van der Waals surface area contributed by atoms with Crippen LogP contribution in [0.1, 0.15) is 197 Å². The van der Waals surface area contributed by atoms with Crippen LogP contribution in [0.2, 0.25) is 5.02 Å². The molecule has 3 atom stereocenters. The number of pyridine rings is 9. The highest BCUT2D eigenvalue weighted by Crippen LogP contribution is 2.43. The predicted molar refractivity (Wildman–Crippen MR) is 582 cm³/mol. The van der Waals surface area contributed by atoms with Gasteiger partial charge in [-0.25, -0.2) is 67.2 Å². The van der Waals surface area contributed by atoms with E-state index < -0.39 is 74.2 Å². The fourth-order valence-electron chi connectivity index (χ4n) is 17.9. The number of nitrogen functional groups attached to an aromatic ring is 3. The Labute approximate surface area is 881 Å². The Kier molecular flexibility index (Phi) is 36.4. The number of nitrogens with two attached hydrogens (primary N) is 3. The highest BCUT2D eigenvalue weighted by molar-refractivity contribution is 7.91. The zero-order valence-corrected chi connectivity index (χ0v) is 90.9. The molecule has 16 rings (SSSR count). The van der Waals surface area contributed by atoms with Crippen LogP contribution in [0.25, 0.3) is 45.0 Å². The molecule has 3 unspecified atom stereocenters. The Morgan fingerprint density at radius 2 is 0.847 bits per heavy atom. The molecule has 0 spiro atoms. The van der Waals surface area contributed by atoms with Crippen LogP contribution in [0.3, 0.4) is 0 Å². The summed E-state index contributed by atoms with van der Waals surface area (Å²) < 4.78 is 134. The smallest absolute Gasteiger partial charge is 0.281 e. The number of benzene rings is 3. The van der Waals surface area contributed by atoms with Crippen molar-refractivity contribution < 1.29 is 71.8 Å². The number of anilines is 7. The molecule has 0 radical (unpaired) electrons. The zero-order valence-electron chi connectivity index (χ0n) is 86.9. The zero-order chi connectivity index (χ0) is 109. The van der Waals surface area contributed by atoms with Crippen molar-refractivity contribution in [2.24, 2.45) is 35.5 Å². The van der Waals surface area contributed by atoms with Gasteiger partial charge in [0.15, 0.2) is 20.0 Å². The van der Waals surface area contributed by atoms with Crippen molar-refractivity contribution in [3.8, 4) is 68.2 Å². The van der Waals surface area contributed by atoms with Gasteiger partial charge in [0.2, 0.25) is 5.88 Å². The van der Waals surface area contributed by atoms with Gasteiger partial charge < -0.3 is 60.7 Å². The number of H-pyrrole nitrogens is 1. The van der Waals surface area contributed by atoms with Gasteiger partial charge in [-0.05, 0) is 293 Å². The quantitative estimate of drug-likeness (QED) is 0.0200. The normalized spacial score (nSPS) is 16.2. The first kappa shape index (κ1) is 113. The summed E-state index contributed by atoms with van der Waals surface area (Å²) in [4.78, 5) is 111. The average Bonchev–Trinajstić information content (AvgIpc) is 1.54. The number of carbonyl (C=O) groups excluding carboxylic acids is 4. The largest absolute Gasteiger partial charge is 0.493 e. The summed E-state index contributed by atoms with van der Waals surface area (Å²) in [5.41, 5.74) is 21.9. The lowest BCUT2D eigenvalue weighted by Crippen LogP contribution is -2.41. The Morgan fingerprint density at radius 3 is 1.26 bits per heavy atom. The molecule has 37 nitrogen and oxygen atoms in total. The number of aromatic amines is 1. The number of sulfonamides is 4. The third-order valence-corrected chi connectivity index (χ3v) is 30.5. The Morgan fingerprint density at radius 1 is 0.440 bits per heavy atom. The maximum absolute atomic E-state index is 13.4. The van der Waals surface area contributed by atoms with Crippen molar-refractivity contribution in [2.45, 2.75) is 199 Å². The van der Waals surface area contributed by atoms with Crippen LogP contribution in [-0.2, 0) is 40.1 Å². The van der Waals surface area contributed by atoms with Gasteiger partial charge in [-0.15, -0.1) is 0 Å². The van der Waals surface area contributed by atoms with Crippen LogP contribution in [0.15, 0.2) is 231 Å². The molecule has 796 valence electrons. The Balaban J connectivity index is 0.000000167. The predicted octanol–water partition coefficient (Wildman–Crippen LogP) is 16.9. The minimum absolute atomic E-state index is 0.00490. The highest BCUT2D eigenvalue weighted by atomic mass is 35.5. The summed E-state index contributed by atoms with van der Waals surface area (Å²) >= 11 is 6.37. The highest BCUT2D eigenvalue weighted by Gasteiger charge is 2.43. The number of aromatic nitrogens is 9. The lowest BCUT2D eigenvalue weighted by atomic mass is 9.95. The standard InChI is InChI=1S/C28H34ClN5O4S.C27H33N5O4S.C27H32N4O5S.C26H32N6O4S/c1-17(2)16-38-23-13-19(9-11-21(23)29)22-12-10-20(26(31-22)34-15-18(3)14-28(34,4)5)27(35)33-39(36,37)25-8-6-7-24(30)32-25;1-17(2)36-20-11-9-19(10-12-20)22-14-13-21(25(29-22)32-16-18(3)15-27(32,4)5)26(33)31-37(34,35)24-8-6-7-23(28)30-24;1-18(2)17-36-21-8-6-20(7-9-21)23-11-10-22(25(29-23)31-15-12-19(3)13-16-31)26(32)30-37(34,35)24-5-4-14-28-27(24)33;1-4-18-7-6-14-32(16-18)25-20(26(33)31-37(34,35)24-9-5-8-22(27)30-24)11-12-21(29-25)19-10-13-23(28-15-19)36-17(2)3/h6-13,17-18H,14-16H2,1-5H3,(H2,30,32)(H,33,35);6-14,17-18H,15-16H2,1-5H3,(H2,28,30)(H,31,33);4-11,14,18-19H,12-13,15-17H2,1-3H3,(H,28,33)(H,30,32);5,8-13,15,17-18H,4,6-7,14,16H2,1-3H3,(H2,27,30)(H,31,33). The SMILES string of the molecule is CC(C)COc1cc(-c2ccc(C(=O)NS(=O)(=O)c3cccc(N)n3)c(N3CC(C)CC3(C)C)n2)ccc1Cl.CC(C)COc1ccc(-c2ccc(C(=O)NS(=O)(=O)c3ccc[nH]c3=O)c(N3CCC(C)CC3)n2)cc1.CC1CN(c2nc(-c3ccc(OC(C)C)cc3)ccc2C(=O)NS(=O)(=O)c2cccc(N)n2)C(C)(C)C1.CCC1CCCN(c2nc(-c3ccc(OC(C)C)nc3)ccc2C(=O)NS(=O)(=O)c2cccc(N)n2)C1. The molecular weight excluding hydrogens is 2010 g/mol. The van der Waals surface area contributed by atoms with E-state index in [1.54, 1.807) is 66.9 Å². The van der Waals surface area contributed by atoms with Gasteiger partial charge in [0.1, 0.15) is 58.0 Å². The van der Waals surface area contributed by atoms with Gasteiger partial charge in [-0.1, -0.05) is 97.7 Å². The van der Waals surface area contributed by atoms with E-state index in [-0.39, 0.29) is 78.1 Å². The second-order valence-corrected chi connectivity index (χ2v) is 47.3. The number of nitrogens with one attached hydrogen (secondary N) is 5. The molecular formula is C108H131ClN20O17S4. The topological polar surface area (TPSA) is 517 Å². The summed E-state index contributed by atoms with van der Waals surface area (Å²) in [5, 5.41) is -0.505. The van der Waals surface area contributed by atoms with E-state index in [1.165, 1.54) is 66.9 Å². The van der Waals surface area contributed by atoms with Gasteiger partial charge in [-0.2, -0.15) is 25.3 Å². The maximum Gasteiger partial charge on any atom is 0.281 e. The number of nitrogens with zero attached hydrogens (tertiary/aromatic N) is 12. The van der Waals surface area contributed by atoms with Crippen molar-refractivity contribution in [1.29, 1.82) is 0 Å². The Bertz CT molecular complexity index is 7410. The molecule has 0 saturated carbocycles. The second-order valence-electron chi connectivity index (χ2n) is 40.4. The van der Waals surface area contributed by atoms with E-state index in [4.69, 9.17) is 67.7 Å². The van der Waals surface area contributed by atoms with Crippen molar-refractivity contribution in [2.75, 3.05) is 89.3 Å². The summed E-state index contributed by atoms with van der Waals surface area (Å²) in [6.07, 6.45) is 9.80. The van der Waals surface area contributed by atoms with Crippen molar-refractivity contribution in [1.82, 2.24) is 63.7 Å². The van der Waals surface area contributed by atoms with E-state index in [0.717, 1.165) is 97.9 Å². The van der Waals surface area contributed by atoms with Gasteiger partial charge >= 0.3 is 0 Å². The van der Waals surface area contributed by atoms with Crippen molar-refractivity contribution in [3.63, 3.8) is 0 Å². The number of carbonyl (C=O) groups is 4. The number of amides is 4. The molecule has 4 aliphatic rings. The third kappa shape index (κ3) is 29.2. The van der Waals surface area contributed by atoms with Crippen LogP contribution in [0.5, 0.6) is 23.1 Å². The molecule has 150 heavy (non-hydrogen) atoms. The summed E-state index contributed by atoms with van der Waals surface area (Å²) in [6, 6.07) is 52.6. The number of hydrogen-bond donors (Lipinski definition) is 8. The van der Waals surface area contributed by atoms with Crippen LogP contribution in [0.4, 0.5) is 40.7 Å². The van der Waals surface area contributed by atoms with E-state index in [9.17, 15) is 57.6 Å². The molecule has 42 heteroatoms. The summed E-state index contributed by atoms with van der Waals surface area (Å²) in [5.74, 6) is 3.66. The maximum atomic E-state index is 13.4. The first-order valence-electron chi connectivity index (χ1n) is 49.7. The number of halogens is 1. The first-order valence-corrected chi connectivity index (χ1v) is 56.0. The number of hydrogen-bond acceptors (Lipinski definition) is 32. The minimum Gasteiger partial charge on any atom is -0.493 e. The number of ether oxygens (including phenoxy) is 4. The van der Waals surface area contributed by atoms with E-state index in [2.05, 4.69) is 137 Å².